The van der Waals surface area contributed by atoms with E-state index in [1.165, 1.54) is 18.6 Å². The summed E-state index contributed by atoms with van der Waals surface area (Å²) in [6.07, 6.45) is 3.54. The summed E-state index contributed by atoms with van der Waals surface area (Å²) in [6, 6.07) is 4.39. The largest absolute Gasteiger partial charge is 0.396 e. The summed E-state index contributed by atoms with van der Waals surface area (Å²) < 4.78 is 18.3. The maximum Gasteiger partial charge on any atom is 0.266 e. The Kier molecular flexibility index (Phi) is 3.06. The Morgan fingerprint density at radius 3 is 2.74 bits per heavy atom. The van der Waals surface area contributed by atoms with Crippen molar-refractivity contribution in [3.8, 4) is 11.5 Å². The average Bonchev–Trinajstić information content (AvgIpc) is 2.93. The third kappa shape index (κ3) is 2.38. The Morgan fingerprint density at radius 1 is 1.21 bits per heavy atom. The van der Waals surface area contributed by atoms with Crippen molar-refractivity contribution in [3.63, 3.8) is 0 Å². The third-order valence-corrected chi connectivity index (χ3v) is 3.30. The lowest BCUT2D eigenvalue weighted by molar-refractivity contribution is 0.426. The fourth-order valence-electron chi connectivity index (χ4n) is 2.23. The maximum absolute atomic E-state index is 13.1. The van der Waals surface area contributed by atoms with E-state index in [9.17, 15) is 4.39 Å². The lowest BCUT2D eigenvalue weighted by Gasteiger charge is -2.24. The standard InChI is InChI=1S/C13H15FN4O/c14-10-5-4-9(8-11(10)15)12-16-13(17-19-12)18-6-2-1-3-7-18/h4-5,8H,1-3,6-7,15H2. The summed E-state index contributed by atoms with van der Waals surface area (Å²) in [6.45, 7) is 1.90. The molecule has 1 fully saturated rings. The molecule has 1 saturated heterocycles. The first-order valence-corrected chi connectivity index (χ1v) is 6.38. The second-order valence-corrected chi connectivity index (χ2v) is 4.68. The van der Waals surface area contributed by atoms with Crippen LogP contribution >= 0.6 is 0 Å². The molecule has 0 atom stereocenters. The Balaban J connectivity index is 1.85. The van der Waals surface area contributed by atoms with Gasteiger partial charge in [0.15, 0.2) is 0 Å². The molecule has 1 aliphatic rings. The summed E-state index contributed by atoms with van der Waals surface area (Å²) in [5, 5.41) is 3.97. The van der Waals surface area contributed by atoms with Gasteiger partial charge in [-0.15, -0.1) is 0 Å². The quantitative estimate of drug-likeness (QED) is 0.842. The van der Waals surface area contributed by atoms with Crippen molar-refractivity contribution >= 4 is 11.6 Å². The van der Waals surface area contributed by atoms with Crippen molar-refractivity contribution in [2.24, 2.45) is 0 Å². The highest BCUT2D eigenvalue weighted by atomic mass is 19.1. The van der Waals surface area contributed by atoms with Crippen LogP contribution in [0.3, 0.4) is 0 Å². The van der Waals surface area contributed by atoms with Gasteiger partial charge in [-0.05, 0) is 42.6 Å². The summed E-state index contributed by atoms with van der Waals surface area (Å²) >= 11 is 0. The number of nitrogen functional groups attached to an aromatic ring is 1. The number of piperidine rings is 1. The monoisotopic (exact) mass is 262 g/mol. The second kappa shape index (κ2) is 4.87. The lowest BCUT2D eigenvalue weighted by atomic mass is 10.1. The maximum atomic E-state index is 13.1. The molecule has 19 heavy (non-hydrogen) atoms. The van der Waals surface area contributed by atoms with E-state index >= 15 is 0 Å². The van der Waals surface area contributed by atoms with Gasteiger partial charge < -0.3 is 15.2 Å². The predicted molar refractivity (Wildman–Crippen MR) is 70.2 cm³/mol. The first-order chi connectivity index (χ1) is 9.24. The average molecular weight is 262 g/mol. The van der Waals surface area contributed by atoms with Gasteiger partial charge in [0.25, 0.3) is 11.8 Å². The number of aromatic nitrogens is 2. The summed E-state index contributed by atoms with van der Waals surface area (Å²) in [4.78, 5) is 6.45. The Labute approximate surface area is 110 Å². The molecule has 5 nitrogen and oxygen atoms in total. The van der Waals surface area contributed by atoms with Crippen LogP contribution in [0, 0.1) is 5.82 Å². The number of hydrogen-bond donors (Lipinski definition) is 1. The van der Waals surface area contributed by atoms with E-state index in [1.54, 1.807) is 6.07 Å². The minimum absolute atomic E-state index is 0.0789. The molecule has 0 bridgehead atoms. The highest BCUT2D eigenvalue weighted by Gasteiger charge is 2.17. The molecule has 0 radical (unpaired) electrons. The number of hydrogen-bond acceptors (Lipinski definition) is 5. The van der Waals surface area contributed by atoms with Crippen molar-refractivity contribution in [3.05, 3.63) is 24.0 Å². The van der Waals surface area contributed by atoms with Crippen LogP contribution in [0.5, 0.6) is 0 Å². The molecule has 100 valence electrons. The van der Waals surface area contributed by atoms with Crippen molar-refractivity contribution in [2.75, 3.05) is 23.7 Å². The minimum Gasteiger partial charge on any atom is -0.396 e. The van der Waals surface area contributed by atoms with Gasteiger partial charge in [0.2, 0.25) is 0 Å². The van der Waals surface area contributed by atoms with E-state index in [0.29, 0.717) is 17.4 Å². The van der Waals surface area contributed by atoms with Crippen LogP contribution in [0.15, 0.2) is 22.7 Å². The molecule has 3 rings (SSSR count). The Hall–Kier alpha value is -2.11. The van der Waals surface area contributed by atoms with Crippen LogP contribution in [0.2, 0.25) is 0 Å². The summed E-state index contributed by atoms with van der Waals surface area (Å²) in [5.74, 6) is 0.518. The molecule has 0 amide bonds. The number of nitrogens with two attached hydrogens (primary N) is 1. The van der Waals surface area contributed by atoms with Crippen LogP contribution in [0.4, 0.5) is 16.0 Å². The molecule has 6 heteroatoms. The zero-order valence-electron chi connectivity index (χ0n) is 10.5. The van der Waals surface area contributed by atoms with Crippen molar-refractivity contribution in [2.45, 2.75) is 19.3 Å². The Morgan fingerprint density at radius 2 is 2.00 bits per heavy atom. The number of benzene rings is 1. The third-order valence-electron chi connectivity index (χ3n) is 3.30. The predicted octanol–water partition coefficient (Wildman–Crippen LogP) is 2.45. The molecule has 1 aliphatic heterocycles. The van der Waals surface area contributed by atoms with Crippen molar-refractivity contribution < 1.29 is 8.91 Å². The minimum atomic E-state index is -0.445. The van der Waals surface area contributed by atoms with Crippen LogP contribution in [-0.4, -0.2) is 23.2 Å². The molecule has 0 spiro atoms. The zero-order chi connectivity index (χ0) is 13.2. The summed E-state index contributed by atoms with van der Waals surface area (Å²) in [5.41, 5.74) is 6.25. The number of halogens is 1. The molecular weight excluding hydrogens is 247 g/mol. The van der Waals surface area contributed by atoms with Crippen LogP contribution < -0.4 is 10.6 Å². The first-order valence-electron chi connectivity index (χ1n) is 6.38. The molecule has 2 N–H and O–H groups in total. The van der Waals surface area contributed by atoms with Gasteiger partial charge >= 0.3 is 0 Å². The fourth-order valence-corrected chi connectivity index (χ4v) is 2.23. The van der Waals surface area contributed by atoms with E-state index in [4.69, 9.17) is 10.3 Å². The SMILES string of the molecule is Nc1cc(-c2nc(N3CCCCC3)no2)ccc1F. The smallest absolute Gasteiger partial charge is 0.266 e. The molecule has 2 heterocycles. The zero-order valence-corrected chi connectivity index (χ0v) is 10.5. The topological polar surface area (TPSA) is 68.2 Å². The van der Waals surface area contributed by atoms with Gasteiger partial charge in [-0.25, -0.2) is 4.39 Å². The van der Waals surface area contributed by atoms with Gasteiger partial charge in [-0.1, -0.05) is 0 Å². The van der Waals surface area contributed by atoms with E-state index in [-0.39, 0.29) is 5.69 Å². The van der Waals surface area contributed by atoms with Crippen LogP contribution in [0.1, 0.15) is 19.3 Å². The molecular formula is C13H15FN4O. The van der Waals surface area contributed by atoms with Gasteiger partial charge in [0, 0.05) is 18.7 Å². The van der Waals surface area contributed by atoms with Gasteiger partial charge in [0.1, 0.15) is 5.82 Å². The van der Waals surface area contributed by atoms with Crippen molar-refractivity contribution in [1.29, 1.82) is 0 Å². The van der Waals surface area contributed by atoms with Gasteiger partial charge in [-0.2, -0.15) is 4.98 Å². The van der Waals surface area contributed by atoms with E-state index < -0.39 is 5.82 Å². The molecule has 0 saturated carbocycles. The highest BCUT2D eigenvalue weighted by Crippen LogP contribution is 2.24. The molecule has 2 aromatic rings. The molecule has 0 aliphatic carbocycles. The van der Waals surface area contributed by atoms with Crippen molar-refractivity contribution in [1.82, 2.24) is 10.1 Å². The van der Waals surface area contributed by atoms with E-state index in [2.05, 4.69) is 15.0 Å². The first kappa shape index (κ1) is 12.0. The molecule has 1 aromatic carbocycles. The highest BCUT2D eigenvalue weighted by molar-refractivity contribution is 5.61. The Bertz CT molecular complexity index is 578. The fraction of sp³-hybridized carbons (Fsp3) is 0.385. The number of anilines is 2. The van der Waals surface area contributed by atoms with Gasteiger partial charge in [-0.3, -0.25) is 0 Å². The second-order valence-electron chi connectivity index (χ2n) is 4.68. The van der Waals surface area contributed by atoms with Gasteiger partial charge in [0.05, 0.1) is 5.69 Å². The lowest BCUT2D eigenvalue weighted by Crippen LogP contribution is -2.30. The van der Waals surface area contributed by atoms with E-state index in [0.717, 1.165) is 25.9 Å². The molecule has 1 aromatic heterocycles. The van der Waals surface area contributed by atoms with E-state index in [1.807, 2.05) is 0 Å². The normalized spacial score (nSPS) is 15.7. The van der Waals surface area contributed by atoms with Crippen LogP contribution in [-0.2, 0) is 0 Å². The number of rotatable bonds is 2. The number of nitrogens with zero attached hydrogens (tertiary/aromatic N) is 3. The molecule has 0 unspecified atom stereocenters. The van der Waals surface area contributed by atoms with Crippen LogP contribution in [0.25, 0.3) is 11.5 Å². The summed E-state index contributed by atoms with van der Waals surface area (Å²) in [7, 11) is 0.